The van der Waals surface area contributed by atoms with Crippen molar-refractivity contribution in [2.75, 3.05) is 0 Å². The zero-order valence-electron chi connectivity index (χ0n) is 10.7. The Labute approximate surface area is 107 Å². The molecule has 94 valence electrons. The summed E-state index contributed by atoms with van der Waals surface area (Å²) in [4.78, 5) is 26.3. The number of imide groups is 1. The van der Waals surface area contributed by atoms with Crippen molar-refractivity contribution in [3.05, 3.63) is 12.2 Å². The minimum absolute atomic E-state index is 0.0431. The molecular formula is C15H17NO2. The summed E-state index contributed by atoms with van der Waals surface area (Å²) in [6.45, 7) is 3.90. The van der Waals surface area contributed by atoms with Gasteiger partial charge in [-0.3, -0.25) is 14.5 Å². The second-order valence-electron chi connectivity index (χ2n) is 5.90. The third kappa shape index (κ3) is 1.26. The van der Waals surface area contributed by atoms with Crippen LogP contribution in [0.3, 0.4) is 0 Å². The molecule has 5 atom stereocenters. The van der Waals surface area contributed by atoms with Gasteiger partial charge in [-0.15, -0.1) is 6.42 Å². The highest BCUT2D eigenvalue weighted by atomic mass is 16.2. The minimum Gasteiger partial charge on any atom is -0.274 e. The molecule has 0 spiro atoms. The summed E-state index contributed by atoms with van der Waals surface area (Å²) < 4.78 is 0. The molecule has 3 rings (SSSR count). The molecule has 0 N–H and O–H groups in total. The molecule has 2 amide bonds. The van der Waals surface area contributed by atoms with Gasteiger partial charge in [0, 0.05) is 0 Å². The molecular weight excluding hydrogens is 226 g/mol. The van der Waals surface area contributed by atoms with Crippen LogP contribution in [-0.2, 0) is 9.59 Å². The highest BCUT2D eigenvalue weighted by Crippen LogP contribution is 2.53. The Morgan fingerprint density at radius 3 is 2.11 bits per heavy atom. The minimum atomic E-state index is -0.394. The number of hydrogen-bond donors (Lipinski definition) is 0. The van der Waals surface area contributed by atoms with E-state index >= 15 is 0 Å². The highest BCUT2D eigenvalue weighted by Gasteiger charge is 2.60. The Balaban J connectivity index is 1.95. The van der Waals surface area contributed by atoms with Crippen molar-refractivity contribution in [3.63, 3.8) is 0 Å². The predicted octanol–water partition coefficient (Wildman–Crippen LogP) is 1.45. The van der Waals surface area contributed by atoms with Crippen molar-refractivity contribution in [2.24, 2.45) is 29.6 Å². The zero-order chi connectivity index (χ0) is 13.0. The molecule has 5 unspecified atom stereocenters. The third-order valence-electron chi connectivity index (χ3n) is 4.58. The van der Waals surface area contributed by atoms with Crippen molar-refractivity contribution >= 4 is 11.8 Å². The van der Waals surface area contributed by atoms with Gasteiger partial charge in [0.15, 0.2) is 0 Å². The first-order valence-corrected chi connectivity index (χ1v) is 6.57. The second-order valence-corrected chi connectivity index (χ2v) is 5.90. The Hall–Kier alpha value is -1.56. The van der Waals surface area contributed by atoms with Crippen molar-refractivity contribution in [1.82, 2.24) is 4.90 Å². The molecule has 0 aromatic rings. The van der Waals surface area contributed by atoms with Gasteiger partial charge in [0.25, 0.3) is 0 Å². The number of terminal acetylenes is 1. The van der Waals surface area contributed by atoms with E-state index in [1.807, 2.05) is 13.8 Å². The summed E-state index contributed by atoms with van der Waals surface area (Å²) in [6.07, 6.45) is 10.7. The molecule has 1 saturated heterocycles. The lowest BCUT2D eigenvalue weighted by atomic mass is 9.85. The van der Waals surface area contributed by atoms with E-state index in [0.717, 1.165) is 6.42 Å². The van der Waals surface area contributed by atoms with Crippen LogP contribution in [0.5, 0.6) is 0 Å². The molecule has 3 heteroatoms. The van der Waals surface area contributed by atoms with Crippen molar-refractivity contribution < 1.29 is 9.59 Å². The van der Waals surface area contributed by atoms with E-state index in [0.29, 0.717) is 0 Å². The van der Waals surface area contributed by atoms with E-state index in [4.69, 9.17) is 6.42 Å². The number of rotatable bonds is 2. The molecule has 0 aromatic heterocycles. The number of allylic oxidation sites excluding steroid dienone is 2. The molecule has 0 aromatic carbocycles. The summed E-state index contributed by atoms with van der Waals surface area (Å²) in [5.74, 6) is 2.86. The van der Waals surface area contributed by atoms with Crippen LogP contribution in [0.2, 0.25) is 0 Å². The molecule has 1 aliphatic heterocycles. The maximum atomic E-state index is 12.5. The average molecular weight is 243 g/mol. The number of fused-ring (bicyclic) bond motifs is 5. The molecule has 1 heterocycles. The number of carbonyl (C=O) groups excluding carboxylic acids is 2. The molecule has 2 bridgehead atoms. The maximum Gasteiger partial charge on any atom is 0.234 e. The molecule has 2 aliphatic carbocycles. The summed E-state index contributed by atoms with van der Waals surface area (Å²) >= 11 is 0. The summed E-state index contributed by atoms with van der Waals surface area (Å²) in [6, 6.07) is -0.394. The van der Waals surface area contributed by atoms with E-state index in [-0.39, 0.29) is 41.4 Å². The van der Waals surface area contributed by atoms with Crippen LogP contribution in [0.1, 0.15) is 20.3 Å². The van der Waals surface area contributed by atoms with E-state index in [9.17, 15) is 9.59 Å². The zero-order valence-corrected chi connectivity index (χ0v) is 10.7. The largest absolute Gasteiger partial charge is 0.274 e. The van der Waals surface area contributed by atoms with Gasteiger partial charge in [-0.25, -0.2) is 0 Å². The van der Waals surface area contributed by atoms with Crippen LogP contribution in [-0.4, -0.2) is 22.8 Å². The lowest BCUT2D eigenvalue weighted by Gasteiger charge is -2.26. The topological polar surface area (TPSA) is 37.4 Å². The lowest BCUT2D eigenvalue weighted by molar-refractivity contribution is -0.143. The highest BCUT2D eigenvalue weighted by molar-refractivity contribution is 6.07. The van der Waals surface area contributed by atoms with Crippen LogP contribution in [0.4, 0.5) is 0 Å². The Kier molecular flexibility index (Phi) is 2.38. The molecule has 2 fully saturated rings. The van der Waals surface area contributed by atoms with Crippen LogP contribution in [0, 0.1) is 41.9 Å². The van der Waals surface area contributed by atoms with E-state index in [1.165, 1.54) is 4.90 Å². The molecule has 3 aliphatic rings. The first-order chi connectivity index (χ1) is 8.56. The van der Waals surface area contributed by atoms with Crippen LogP contribution < -0.4 is 0 Å². The van der Waals surface area contributed by atoms with Gasteiger partial charge in [0.05, 0.1) is 11.8 Å². The lowest BCUT2D eigenvalue weighted by Crippen LogP contribution is -2.43. The summed E-state index contributed by atoms with van der Waals surface area (Å²) in [5.41, 5.74) is 0. The monoisotopic (exact) mass is 243 g/mol. The van der Waals surface area contributed by atoms with Gasteiger partial charge in [-0.2, -0.15) is 0 Å². The molecule has 18 heavy (non-hydrogen) atoms. The third-order valence-corrected chi connectivity index (χ3v) is 4.58. The van der Waals surface area contributed by atoms with Crippen molar-refractivity contribution in [3.8, 4) is 12.3 Å². The SMILES string of the molecule is C#CC(C(C)C)N1C(=O)C2C3C=CC(C3)C2C1=O. The van der Waals surface area contributed by atoms with Crippen LogP contribution >= 0.6 is 0 Å². The fourth-order valence-corrected chi connectivity index (χ4v) is 3.76. The van der Waals surface area contributed by atoms with E-state index < -0.39 is 6.04 Å². The number of amides is 2. The fraction of sp³-hybridized carbons (Fsp3) is 0.600. The number of likely N-dealkylation sites (tertiary alicyclic amines) is 1. The quantitative estimate of drug-likeness (QED) is 0.418. The van der Waals surface area contributed by atoms with Crippen molar-refractivity contribution in [1.29, 1.82) is 0 Å². The van der Waals surface area contributed by atoms with Crippen LogP contribution in [0.25, 0.3) is 0 Å². The summed E-state index contributed by atoms with van der Waals surface area (Å²) in [5, 5.41) is 0. The first kappa shape index (κ1) is 11.5. The van der Waals surface area contributed by atoms with Gasteiger partial charge < -0.3 is 0 Å². The molecule has 3 nitrogen and oxygen atoms in total. The Morgan fingerprint density at radius 1 is 1.22 bits per heavy atom. The van der Waals surface area contributed by atoms with Gasteiger partial charge in [0.2, 0.25) is 11.8 Å². The summed E-state index contributed by atoms with van der Waals surface area (Å²) in [7, 11) is 0. The first-order valence-electron chi connectivity index (χ1n) is 6.57. The van der Waals surface area contributed by atoms with E-state index in [2.05, 4.69) is 18.1 Å². The van der Waals surface area contributed by atoms with Gasteiger partial charge in [-0.1, -0.05) is 31.9 Å². The normalized spacial score (nSPS) is 38.4. The smallest absolute Gasteiger partial charge is 0.234 e. The fourth-order valence-electron chi connectivity index (χ4n) is 3.76. The number of carbonyl (C=O) groups is 2. The molecule has 1 saturated carbocycles. The maximum absolute atomic E-state index is 12.5. The van der Waals surface area contributed by atoms with Crippen LogP contribution in [0.15, 0.2) is 12.2 Å². The molecule has 0 radical (unpaired) electrons. The standard InChI is InChI=1S/C15H17NO2/c1-4-11(8(2)3)16-14(17)12-9-5-6-10(7-9)13(12)15(16)18/h1,5-6,8-13H,7H2,2-3H3. The Morgan fingerprint density at radius 2 is 1.72 bits per heavy atom. The number of hydrogen-bond acceptors (Lipinski definition) is 2. The van der Waals surface area contributed by atoms with Crippen molar-refractivity contribution in [2.45, 2.75) is 26.3 Å². The van der Waals surface area contributed by atoms with Gasteiger partial charge in [0.1, 0.15) is 6.04 Å². The van der Waals surface area contributed by atoms with E-state index in [1.54, 1.807) is 0 Å². The van der Waals surface area contributed by atoms with Gasteiger partial charge in [-0.05, 0) is 24.2 Å². The average Bonchev–Trinajstić information content (AvgIpc) is 2.98. The predicted molar refractivity (Wildman–Crippen MR) is 67.0 cm³/mol. The van der Waals surface area contributed by atoms with Gasteiger partial charge >= 0.3 is 0 Å². The number of nitrogens with zero attached hydrogens (tertiary/aromatic N) is 1. The Bertz CT molecular complexity index is 455. The second kappa shape index (κ2) is 3.71.